The molecule has 0 spiro atoms. The summed E-state index contributed by atoms with van der Waals surface area (Å²) < 4.78 is 23.5. The van der Waals surface area contributed by atoms with Crippen molar-refractivity contribution in [1.29, 1.82) is 0 Å². The Morgan fingerprint density at radius 2 is 1.85 bits per heavy atom. The van der Waals surface area contributed by atoms with Gasteiger partial charge in [0.05, 0.1) is 10.5 Å². The lowest BCUT2D eigenvalue weighted by Crippen LogP contribution is -2.18. The third-order valence-corrected chi connectivity index (χ3v) is 6.29. The third kappa shape index (κ3) is 3.79. The van der Waals surface area contributed by atoms with Crippen molar-refractivity contribution in [2.75, 3.05) is 5.32 Å². The molecule has 0 radical (unpaired) electrons. The minimum Gasteiger partial charge on any atom is -0.478 e. The van der Waals surface area contributed by atoms with E-state index in [1.807, 2.05) is 6.92 Å². The van der Waals surface area contributed by atoms with Gasteiger partial charge < -0.3 is 10.4 Å². The lowest BCUT2D eigenvalue weighted by molar-refractivity contribution is 0.0697. The highest BCUT2D eigenvalue weighted by atomic mass is 32.2. The van der Waals surface area contributed by atoms with Gasteiger partial charge in [-0.05, 0) is 56.0 Å². The number of carbonyl (C=O) groups excluding carboxylic acids is 1. The van der Waals surface area contributed by atoms with Crippen molar-refractivity contribution in [1.82, 2.24) is 0 Å². The number of amides is 1. The van der Waals surface area contributed by atoms with Gasteiger partial charge in [-0.2, -0.15) is 0 Å². The van der Waals surface area contributed by atoms with Gasteiger partial charge in [0, 0.05) is 10.4 Å². The Bertz CT molecular complexity index is 1010. The van der Waals surface area contributed by atoms with Crippen molar-refractivity contribution in [2.24, 2.45) is 5.14 Å². The highest BCUT2D eigenvalue weighted by molar-refractivity contribution is 7.89. The third-order valence-electron chi connectivity index (χ3n) is 4.19. The Kier molecular flexibility index (Phi) is 5.55. The SMILES string of the molecule is CCc1c(C)sc(NC(=O)c2cc(C)c(C)c(S(N)(=O)=O)c2)c1C(=O)O. The Morgan fingerprint density at radius 1 is 1.23 bits per heavy atom. The predicted molar refractivity (Wildman–Crippen MR) is 101 cm³/mol. The van der Waals surface area contributed by atoms with E-state index in [9.17, 15) is 23.1 Å². The number of aryl methyl sites for hydroxylation is 2. The fourth-order valence-corrected chi connectivity index (χ4v) is 4.76. The number of carboxylic acids is 1. The van der Waals surface area contributed by atoms with E-state index < -0.39 is 21.9 Å². The molecule has 4 N–H and O–H groups in total. The second kappa shape index (κ2) is 7.18. The molecule has 9 heteroatoms. The van der Waals surface area contributed by atoms with E-state index in [0.717, 1.165) is 4.88 Å². The Balaban J connectivity index is 2.50. The van der Waals surface area contributed by atoms with Crippen molar-refractivity contribution in [3.05, 3.63) is 44.8 Å². The molecule has 0 aliphatic heterocycles. The molecule has 2 aromatic rings. The van der Waals surface area contributed by atoms with Gasteiger partial charge >= 0.3 is 5.97 Å². The van der Waals surface area contributed by atoms with Crippen LogP contribution < -0.4 is 10.5 Å². The van der Waals surface area contributed by atoms with Crippen LogP contribution in [0.15, 0.2) is 17.0 Å². The zero-order chi connectivity index (χ0) is 19.8. The van der Waals surface area contributed by atoms with E-state index >= 15 is 0 Å². The fraction of sp³-hybridized carbons (Fsp3) is 0.294. The number of rotatable bonds is 5. The van der Waals surface area contributed by atoms with Crippen LogP contribution in [0.3, 0.4) is 0 Å². The van der Waals surface area contributed by atoms with Crippen LogP contribution in [0.25, 0.3) is 0 Å². The highest BCUT2D eigenvalue weighted by Gasteiger charge is 2.23. The topological polar surface area (TPSA) is 127 Å². The lowest BCUT2D eigenvalue weighted by atomic mass is 10.1. The Hall–Kier alpha value is -2.23. The van der Waals surface area contributed by atoms with E-state index in [0.29, 0.717) is 23.1 Å². The molecule has 7 nitrogen and oxygen atoms in total. The maximum absolute atomic E-state index is 12.6. The summed E-state index contributed by atoms with van der Waals surface area (Å²) in [5.74, 6) is -1.71. The molecule has 2 rings (SSSR count). The molecule has 0 fully saturated rings. The number of nitrogens with one attached hydrogen (secondary N) is 1. The normalized spacial score (nSPS) is 11.4. The summed E-state index contributed by atoms with van der Waals surface area (Å²) in [7, 11) is -3.98. The fourth-order valence-electron chi connectivity index (χ4n) is 2.75. The van der Waals surface area contributed by atoms with E-state index in [1.54, 1.807) is 26.8 Å². The summed E-state index contributed by atoms with van der Waals surface area (Å²) in [6.45, 7) is 6.92. The first kappa shape index (κ1) is 20.1. The molecule has 1 heterocycles. The molecule has 0 bridgehead atoms. The molecule has 0 atom stereocenters. The molecule has 0 saturated carbocycles. The van der Waals surface area contributed by atoms with Crippen molar-refractivity contribution < 1.29 is 23.1 Å². The molecular weight excluding hydrogens is 376 g/mol. The molecule has 0 unspecified atom stereocenters. The summed E-state index contributed by atoms with van der Waals surface area (Å²) >= 11 is 1.18. The monoisotopic (exact) mass is 396 g/mol. The number of hydrogen-bond donors (Lipinski definition) is 3. The summed E-state index contributed by atoms with van der Waals surface area (Å²) in [6.07, 6.45) is 0.527. The van der Waals surface area contributed by atoms with Gasteiger partial charge in [-0.15, -0.1) is 11.3 Å². The van der Waals surface area contributed by atoms with Crippen molar-refractivity contribution in [3.8, 4) is 0 Å². The van der Waals surface area contributed by atoms with Crippen LogP contribution in [0.2, 0.25) is 0 Å². The molecule has 140 valence electrons. The van der Waals surface area contributed by atoms with E-state index in [1.165, 1.54) is 17.4 Å². The first-order chi connectivity index (χ1) is 12.0. The average Bonchev–Trinajstić information content (AvgIpc) is 2.83. The lowest BCUT2D eigenvalue weighted by Gasteiger charge is -2.11. The van der Waals surface area contributed by atoms with Crippen LogP contribution in [0, 0.1) is 20.8 Å². The van der Waals surface area contributed by atoms with Crippen LogP contribution in [0.4, 0.5) is 5.00 Å². The van der Waals surface area contributed by atoms with Crippen molar-refractivity contribution in [2.45, 2.75) is 39.0 Å². The number of hydrogen-bond acceptors (Lipinski definition) is 5. The first-order valence-corrected chi connectivity index (χ1v) is 10.1. The van der Waals surface area contributed by atoms with E-state index in [4.69, 9.17) is 5.14 Å². The Labute approximate surface area is 155 Å². The molecule has 1 aromatic heterocycles. The van der Waals surface area contributed by atoms with Gasteiger partial charge in [0.15, 0.2) is 0 Å². The van der Waals surface area contributed by atoms with Crippen molar-refractivity contribution >= 4 is 38.2 Å². The van der Waals surface area contributed by atoms with Gasteiger partial charge in [-0.3, -0.25) is 4.79 Å². The minimum atomic E-state index is -3.98. The van der Waals surface area contributed by atoms with Gasteiger partial charge in [-0.25, -0.2) is 18.4 Å². The number of carboxylic acid groups (broad SMARTS) is 1. The second-order valence-electron chi connectivity index (χ2n) is 5.92. The van der Waals surface area contributed by atoms with Crippen molar-refractivity contribution in [3.63, 3.8) is 0 Å². The second-order valence-corrected chi connectivity index (χ2v) is 8.67. The van der Waals surface area contributed by atoms with Crippen LogP contribution in [0.5, 0.6) is 0 Å². The number of sulfonamides is 1. The molecule has 26 heavy (non-hydrogen) atoms. The molecule has 1 aromatic carbocycles. The quantitative estimate of drug-likeness (QED) is 0.716. The number of aromatic carboxylic acids is 1. The number of benzene rings is 1. The van der Waals surface area contributed by atoms with E-state index in [2.05, 4.69) is 5.32 Å². The summed E-state index contributed by atoms with van der Waals surface area (Å²) in [4.78, 5) is 24.9. The van der Waals surface area contributed by atoms with Crippen LogP contribution in [0.1, 0.15) is 49.2 Å². The molecule has 0 saturated heterocycles. The van der Waals surface area contributed by atoms with Crippen LogP contribution >= 0.6 is 11.3 Å². The number of primary sulfonamides is 1. The maximum Gasteiger partial charge on any atom is 0.339 e. The smallest absolute Gasteiger partial charge is 0.339 e. The predicted octanol–water partition coefficient (Wildman–Crippen LogP) is 2.83. The maximum atomic E-state index is 12.6. The summed E-state index contributed by atoms with van der Waals surface area (Å²) in [5, 5.41) is 17.5. The standard InChI is InChI=1S/C17H20N2O5S2/c1-5-12-10(4)25-16(14(12)17(21)22)19-15(20)11-6-8(2)9(3)13(7-11)26(18,23)24/h6-7H,5H2,1-4H3,(H,19,20)(H,21,22)(H2,18,23,24). The van der Waals surface area contributed by atoms with Crippen LogP contribution in [-0.4, -0.2) is 25.4 Å². The highest BCUT2D eigenvalue weighted by Crippen LogP contribution is 2.34. The minimum absolute atomic E-state index is 0.0684. The summed E-state index contributed by atoms with van der Waals surface area (Å²) in [5.41, 5.74) is 1.90. The number of carbonyl (C=O) groups is 2. The zero-order valence-corrected chi connectivity index (χ0v) is 16.5. The molecular formula is C17H20N2O5S2. The van der Waals surface area contributed by atoms with Gasteiger partial charge in [0.25, 0.3) is 5.91 Å². The molecule has 0 aliphatic rings. The first-order valence-electron chi connectivity index (χ1n) is 7.78. The number of thiophene rings is 1. The summed E-state index contributed by atoms with van der Waals surface area (Å²) in [6, 6.07) is 2.75. The van der Waals surface area contributed by atoms with Gasteiger partial charge in [0.1, 0.15) is 5.00 Å². The number of anilines is 1. The van der Waals surface area contributed by atoms with Gasteiger partial charge in [0.2, 0.25) is 10.0 Å². The zero-order valence-electron chi connectivity index (χ0n) is 14.8. The van der Waals surface area contributed by atoms with E-state index in [-0.39, 0.29) is 21.0 Å². The van der Waals surface area contributed by atoms with Gasteiger partial charge in [-0.1, -0.05) is 6.92 Å². The average molecular weight is 396 g/mol. The molecule has 1 amide bonds. The largest absolute Gasteiger partial charge is 0.478 e. The molecule has 0 aliphatic carbocycles. The Morgan fingerprint density at radius 3 is 2.35 bits per heavy atom. The van der Waals surface area contributed by atoms with Crippen LogP contribution in [-0.2, 0) is 16.4 Å². The number of nitrogens with two attached hydrogens (primary N) is 1.